The molecule has 0 aliphatic carbocycles. The summed E-state index contributed by atoms with van der Waals surface area (Å²) in [5.41, 5.74) is 0. The average molecular weight is 248 g/mol. The van der Waals surface area contributed by atoms with E-state index in [-0.39, 0.29) is 57.5 Å². The molecule has 7 nitrogen and oxygen atoms in total. The topological polar surface area (TPSA) is 135 Å². The Balaban J connectivity index is -0.000000126. The number of hydrogen-bond acceptors (Lipinski definition) is 2. The molecule has 0 aliphatic heterocycles. The van der Waals surface area contributed by atoms with Crippen molar-refractivity contribution in [2.75, 3.05) is 6.16 Å². The van der Waals surface area contributed by atoms with Crippen LogP contribution in [0.15, 0.2) is 0 Å². The second-order valence-corrected chi connectivity index (χ2v) is 4.48. The summed E-state index contributed by atoms with van der Waals surface area (Å²) >= 11 is 0. The summed E-state index contributed by atoms with van der Waals surface area (Å²) in [6.45, 7) is 1.45. The van der Waals surface area contributed by atoms with Crippen molar-refractivity contribution in [3.05, 3.63) is 0 Å². The van der Waals surface area contributed by atoms with Crippen LogP contribution in [0.3, 0.4) is 0 Å². The molecule has 5 N–H and O–H groups in total. The molecular formula is C2H11KO7P2. The van der Waals surface area contributed by atoms with Crippen LogP contribution in [0.4, 0.5) is 0 Å². The van der Waals surface area contributed by atoms with Crippen LogP contribution in [0.25, 0.3) is 0 Å². The van der Waals surface area contributed by atoms with Gasteiger partial charge in [0, 0.05) is 6.16 Å². The third kappa shape index (κ3) is 58.9. The summed E-state index contributed by atoms with van der Waals surface area (Å²) in [6.07, 6.45) is -0.0625. The van der Waals surface area contributed by atoms with Gasteiger partial charge in [0.2, 0.25) is 0 Å². The minimum absolute atomic E-state index is 0. The van der Waals surface area contributed by atoms with E-state index >= 15 is 0 Å². The fraction of sp³-hybridized carbons (Fsp3) is 1.00. The Kier molecular flexibility index (Phi) is 13.3. The number of rotatable bonds is 1. The third-order valence-electron chi connectivity index (χ3n) is 0.412. The molecule has 10 heteroatoms. The van der Waals surface area contributed by atoms with Crippen molar-refractivity contribution in [2.45, 2.75) is 6.92 Å². The Morgan fingerprint density at radius 3 is 1.08 bits per heavy atom. The van der Waals surface area contributed by atoms with Gasteiger partial charge in [-0.3, -0.25) is 4.57 Å². The molecular weight excluding hydrogens is 237 g/mol. The molecule has 0 aliphatic rings. The summed E-state index contributed by atoms with van der Waals surface area (Å²) in [6, 6.07) is 0. The van der Waals surface area contributed by atoms with Crippen molar-refractivity contribution in [1.29, 1.82) is 0 Å². The maximum atomic E-state index is 9.69. The van der Waals surface area contributed by atoms with Crippen LogP contribution < -0.4 is 0 Å². The first-order valence-electron chi connectivity index (χ1n) is 2.39. The molecule has 0 bridgehead atoms. The quantitative estimate of drug-likeness (QED) is 0.284. The van der Waals surface area contributed by atoms with Gasteiger partial charge in [0.15, 0.2) is 0 Å². The van der Waals surface area contributed by atoms with E-state index in [1.807, 2.05) is 0 Å². The van der Waals surface area contributed by atoms with Gasteiger partial charge in [-0.1, -0.05) is 6.92 Å². The van der Waals surface area contributed by atoms with E-state index in [2.05, 4.69) is 0 Å². The molecule has 0 aromatic heterocycles. The zero-order valence-corrected chi connectivity index (χ0v) is 7.44. The Morgan fingerprint density at radius 1 is 1.00 bits per heavy atom. The van der Waals surface area contributed by atoms with Crippen molar-refractivity contribution in [3.8, 4) is 0 Å². The van der Waals surface area contributed by atoms with Gasteiger partial charge in [0.1, 0.15) is 0 Å². The third-order valence-corrected chi connectivity index (χ3v) is 1.24. The minimum atomic E-state index is -4.64. The molecule has 0 rings (SSSR count). The molecule has 0 amide bonds. The average Bonchev–Trinajstić information content (AvgIpc) is 1.59. The monoisotopic (exact) mass is 248 g/mol. The van der Waals surface area contributed by atoms with Crippen LogP contribution in [-0.4, -0.2) is 82.0 Å². The molecule has 0 spiro atoms. The van der Waals surface area contributed by atoms with Gasteiger partial charge < -0.3 is 24.5 Å². The first-order chi connectivity index (χ1) is 4.56. The Bertz CT molecular complexity index is 172. The van der Waals surface area contributed by atoms with Crippen LogP contribution in [0, 0.1) is 0 Å². The Labute approximate surface area is 112 Å². The standard InChI is InChI=1S/C2H7O3P.K.H3O4P.H/c1-2-6(3,4)5;;1-5(2,3)4;/h2H2,1H3,(H2,3,4,5);;(H3,1,2,3,4);. The maximum absolute atomic E-state index is 9.69. The second-order valence-electron chi connectivity index (χ2n) is 1.49. The van der Waals surface area contributed by atoms with Gasteiger partial charge in [-0.2, -0.15) is 0 Å². The van der Waals surface area contributed by atoms with Gasteiger partial charge in [-0.15, -0.1) is 0 Å². The van der Waals surface area contributed by atoms with Gasteiger partial charge in [0.25, 0.3) is 0 Å². The fourth-order valence-electron chi connectivity index (χ4n) is 0. The summed E-state index contributed by atoms with van der Waals surface area (Å²) in [5.74, 6) is 0. The SMILES string of the molecule is CCP(=O)(O)O.O=P(O)(O)O.[KH]. The molecule has 72 valence electrons. The van der Waals surface area contributed by atoms with E-state index in [0.717, 1.165) is 0 Å². The van der Waals surface area contributed by atoms with E-state index in [4.69, 9.17) is 29.0 Å². The van der Waals surface area contributed by atoms with Crippen LogP contribution >= 0.6 is 15.4 Å². The van der Waals surface area contributed by atoms with Crippen LogP contribution in [0.5, 0.6) is 0 Å². The van der Waals surface area contributed by atoms with Crippen molar-refractivity contribution >= 4 is 66.8 Å². The number of phosphoric acid groups is 1. The van der Waals surface area contributed by atoms with Gasteiger partial charge >= 0.3 is 66.8 Å². The first kappa shape index (κ1) is 19.5. The molecule has 0 saturated heterocycles. The molecule has 0 radical (unpaired) electrons. The van der Waals surface area contributed by atoms with Crippen LogP contribution in [-0.2, 0) is 9.13 Å². The molecule has 0 atom stereocenters. The predicted octanol–water partition coefficient (Wildman–Crippen LogP) is -1.39. The van der Waals surface area contributed by atoms with Gasteiger partial charge in [0.05, 0.1) is 0 Å². The molecule has 0 aromatic carbocycles. The normalized spacial score (nSPS) is 10.8. The zero-order chi connectivity index (χ0) is 9.71. The molecule has 12 heavy (non-hydrogen) atoms. The molecule has 0 unspecified atom stereocenters. The van der Waals surface area contributed by atoms with Crippen molar-refractivity contribution in [2.24, 2.45) is 0 Å². The first-order valence-corrected chi connectivity index (χ1v) is 5.75. The summed E-state index contributed by atoms with van der Waals surface area (Å²) in [5, 5.41) is 0. The van der Waals surface area contributed by atoms with Crippen molar-refractivity contribution in [1.82, 2.24) is 0 Å². The summed E-state index contributed by atoms with van der Waals surface area (Å²) in [7, 11) is -8.29. The molecule has 0 fully saturated rings. The van der Waals surface area contributed by atoms with Crippen LogP contribution in [0.2, 0.25) is 0 Å². The second kappa shape index (κ2) is 8.22. The van der Waals surface area contributed by atoms with Gasteiger partial charge in [-0.05, 0) is 0 Å². The zero-order valence-electron chi connectivity index (χ0n) is 5.65. The van der Waals surface area contributed by atoms with Gasteiger partial charge in [-0.25, -0.2) is 4.57 Å². The van der Waals surface area contributed by atoms with Crippen LogP contribution in [0.1, 0.15) is 6.92 Å². The Hall–Kier alpha value is 1.90. The summed E-state index contributed by atoms with van der Waals surface area (Å²) < 4.78 is 18.6. The molecule has 0 aromatic rings. The van der Waals surface area contributed by atoms with E-state index < -0.39 is 15.4 Å². The predicted molar refractivity (Wildman–Crippen MR) is 44.0 cm³/mol. The van der Waals surface area contributed by atoms with E-state index in [9.17, 15) is 4.57 Å². The summed E-state index contributed by atoms with van der Waals surface area (Å²) in [4.78, 5) is 37.4. The van der Waals surface area contributed by atoms with E-state index in [0.29, 0.717) is 0 Å². The molecule has 0 heterocycles. The van der Waals surface area contributed by atoms with E-state index in [1.165, 1.54) is 6.92 Å². The Morgan fingerprint density at radius 2 is 1.08 bits per heavy atom. The van der Waals surface area contributed by atoms with Crippen molar-refractivity contribution < 1.29 is 33.6 Å². The molecule has 0 saturated carbocycles. The van der Waals surface area contributed by atoms with Crippen molar-refractivity contribution in [3.63, 3.8) is 0 Å². The fourth-order valence-corrected chi connectivity index (χ4v) is 0. The van der Waals surface area contributed by atoms with E-state index in [1.54, 1.807) is 0 Å². The number of hydrogen-bond donors (Lipinski definition) is 5.